The van der Waals surface area contributed by atoms with Gasteiger partial charge in [0, 0.05) is 4.90 Å². The van der Waals surface area contributed by atoms with Gasteiger partial charge in [0.25, 0.3) is 0 Å². The molecule has 0 fully saturated rings. The summed E-state index contributed by atoms with van der Waals surface area (Å²) in [6, 6.07) is 13.0. The lowest BCUT2D eigenvalue weighted by molar-refractivity contribution is -0.116. The van der Waals surface area contributed by atoms with Crippen molar-refractivity contribution in [3.05, 3.63) is 59.9 Å². The third-order valence-corrected chi connectivity index (χ3v) is 3.88. The van der Waals surface area contributed by atoms with Crippen molar-refractivity contribution in [3.8, 4) is 0 Å². The number of anilines is 1. The Hall–Kier alpha value is -2.34. The van der Waals surface area contributed by atoms with Crippen molar-refractivity contribution < 1.29 is 14.0 Å². The maximum atomic E-state index is 13.1. The summed E-state index contributed by atoms with van der Waals surface area (Å²) < 4.78 is 13.1. The zero-order valence-electron chi connectivity index (χ0n) is 11.7. The van der Waals surface area contributed by atoms with Gasteiger partial charge in [-0.2, -0.15) is 0 Å². The topological polar surface area (TPSA) is 72.2 Å². The van der Waals surface area contributed by atoms with E-state index < -0.39 is 5.91 Å². The summed E-state index contributed by atoms with van der Waals surface area (Å²) in [5, 5.41) is 2.77. The number of hydrogen-bond acceptors (Lipinski definition) is 3. The van der Waals surface area contributed by atoms with Crippen molar-refractivity contribution >= 4 is 29.3 Å². The molecule has 2 aromatic carbocycles. The number of carbonyl (C=O) groups excluding carboxylic acids is 2. The number of primary amides is 1. The average Bonchev–Trinajstić information content (AvgIpc) is 2.46. The van der Waals surface area contributed by atoms with Crippen molar-refractivity contribution in [2.45, 2.75) is 11.3 Å². The minimum Gasteiger partial charge on any atom is -0.369 e. The van der Waals surface area contributed by atoms with Gasteiger partial charge in [0.05, 0.1) is 17.9 Å². The number of halogens is 1. The van der Waals surface area contributed by atoms with E-state index in [9.17, 15) is 14.0 Å². The number of nitrogens with two attached hydrogens (primary N) is 1. The fourth-order valence-corrected chi connectivity index (χ4v) is 2.62. The van der Waals surface area contributed by atoms with E-state index in [0.717, 1.165) is 4.90 Å². The fraction of sp³-hybridized carbons (Fsp3) is 0.125. The first-order valence-electron chi connectivity index (χ1n) is 6.59. The molecule has 0 aliphatic carbocycles. The van der Waals surface area contributed by atoms with E-state index in [1.165, 1.54) is 23.9 Å². The smallest absolute Gasteiger partial charge is 0.228 e. The Balaban J connectivity index is 2.03. The second-order valence-electron chi connectivity index (χ2n) is 4.61. The minimum atomic E-state index is -0.425. The van der Waals surface area contributed by atoms with Crippen LogP contribution in [0.4, 0.5) is 10.1 Å². The molecule has 3 N–H and O–H groups in total. The first-order chi connectivity index (χ1) is 10.5. The number of nitrogens with one attached hydrogen (secondary N) is 1. The quantitative estimate of drug-likeness (QED) is 0.804. The molecule has 0 aliphatic rings. The first kappa shape index (κ1) is 16.0. The van der Waals surface area contributed by atoms with E-state index in [0.29, 0.717) is 11.3 Å². The lowest BCUT2D eigenvalue weighted by Crippen LogP contribution is -2.16. The zero-order valence-corrected chi connectivity index (χ0v) is 12.5. The number of benzene rings is 2. The summed E-state index contributed by atoms with van der Waals surface area (Å²) in [6.07, 6.45) is 0.0760. The van der Waals surface area contributed by atoms with E-state index in [-0.39, 0.29) is 23.9 Å². The molecule has 0 heterocycles. The Labute approximate surface area is 131 Å². The molecule has 0 bridgehead atoms. The number of amides is 2. The second-order valence-corrected chi connectivity index (χ2v) is 5.62. The van der Waals surface area contributed by atoms with Gasteiger partial charge >= 0.3 is 0 Å². The summed E-state index contributed by atoms with van der Waals surface area (Å²) in [7, 11) is 0. The molecule has 0 atom stereocenters. The van der Waals surface area contributed by atoms with Crippen LogP contribution in [0.15, 0.2) is 53.4 Å². The number of carbonyl (C=O) groups is 2. The predicted octanol–water partition coefficient (Wildman–Crippen LogP) is 2.58. The maximum Gasteiger partial charge on any atom is 0.228 e. The zero-order chi connectivity index (χ0) is 15.9. The van der Waals surface area contributed by atoms with Crippen molar-refractivity contribution in [2.24, 2.45) is 5.73 Å². The van der Waals surface area contributed by atoms with Gasteiger partial charge in [0.2, 0.25) is 11.8 Å². The van der Waals surface area contributed by atoms with Gasteiger partial charge in [-0.1, -0.05) is 24.3 Å². The van der Waals surface area contributed by atoms with Crippen LogP contribution in [-0.4, -0.2) is 17.6 Å². The molecule has 2 rings (SSSR count). The molecule has 4 nitrogen and oxygen atoms in total. The van der Waals surface area contributed by atoms with Crippen LogP contribution < -0.4 is 11.1 Å². The average molecular weight is 318 g/mol. The standard InChI is InChI=1S/C16H15FN2O2S/c17-12-5-3-4-11(8-12)9-16(21)19-13-6-1-2-7-14(13)22-10-15(18)20/h1-8H,9-10H2,(H2,18,20)(H,19,21). The van der Waals surface area contributed by atoms with Gasteiger partial charge in [-0.3, -0.25) is 9.59 Å². The number of hydrogen-bond donors (Lipinski definition) is 2. The highest BCUT2D eigenvalue weighted by atomic mass is 32.2. The molecule has 2 aromatic rings. The Morgan fingerprint density at radius 3 is 2.64 bits per heavy atom. The number of rotatable bonds is 6. The fourth-order valence-electron chi connectivity index (χ4n) is 1.87. The van der Waals surface area contributed by atoms with Crippen LogP contribution in [0.5, 0.6) is 0 Å². The molecular weight excluding hydrogens is 303 g/mol. The van der Waals surface area contributed by atoms with Crippen LogP contribution in [-0.2, 0) is 16.0 Å². The minimum absolute atomic E-state index is 0.0760. The molecule has 0 unspecified atom stereocenters. The van der Waals surface area contributed by atoms with Crippen LogP contribution in [0.25, 0.3) is 0 Å². The molecule has 114 valence electrons. The Morgan fingerprint density at radius 1 is 1.14 bits per heavy atom. The monoisotopic (exact) mass is 318 g/mol. The maximum absolute atomic E-state index is 13.1. The van der Waals surface area contributed by atoms with Gasteiger partial charge in [-0.15, -0.1) is 11.8 Å². The highest BCUT2D eigenvalue weighted by Gasteiger charge is 2.09. The normalized spacial score (nSPS) is 10.2. The molecule has 0 aliphatic heterocycles. The van der Waals surface area contributed by atoms with Gasteiger partial charge < -0.3 is 11.1 Å². The largest absolute Gasteiger partial charge is 0.369 e. The van der Waals surface area contributed by atoms with E-state index in [4.69, 9.17) is 5.73 Å². The highest BCUT2D eigenvalue weighted by Crippen LogP contribution is 2.26. The molecule has 0 spiro atoms. The van der Waals surface area contributed by atoms with Crippen molar-refractivity contribution in [2.75, 3.05) is 11.1 Å². The molecule has 0 saturated heterocycles. The van der Waals surface area contributed by atoms with Crippen molar-refractivity contribution in [1.82, 2.24) is 0 Å². The lowest BCUT2D eigenvalue weighted by atomic mass is 10.1. The van der Waals surface area contributed by atoms with E-state index in [1.807, 2.05) is 6.07 Å². The van der Waals surface area contributed by atoms with Crippen LogP contribution >= 0.6 is 11.8 Å². The molecule has 0 aromatic heterocycles. The third-order valence-electron chi connectivity index (χ3n) is 2.78. The molecule has 6 heteroatoms. The van der Waals surface area contributed by atoms with E-state index in [2.05, 4.69) is 5.32 Å². The summed E-state index contributed by atoms with van der Waals surface area (Å²) in [5.74, 6) is -0.914. The Bertz CT molecular complexity index is 691. The Morgan fingerprint density at radius 2 is 1.91 bits per heavy atom. The third kappa shape index (κ3) is 4.89. The van der Waals surface area contributed by atoms with Gasteiger partial charge in [-0.05, 0) is 29.8 Å². The van der Waals surface area contributed by atoms with Gasteiger partial charge in [-0.25, -0.2) is 4.39 Å². The van der Waals surface area contributed by atoms with Crippen LogP contribution in [0.1, 0.15) is 5.56 Å². The summed E-state index contributed by atoms with van der Waals surface area (Å²) in [4.78, 5) is 23.7. The summed E-state index contributed by atoms with van der Waals surface area (Å²) in [5.41, 5.74) is 6.33. The Kier molecular flexibility index (Phi) is 5.55. The van der Waals surface area contributed by atoms with Gasteiger partial charge in [0.15, 0.2) is 0 Å². The molecule has 22 heavy (non-hydrogen) atoms. The summed E-state index contributed by atoms with van der Waals surface area (Å²) in [6.45, 7) is 0. The molecule has 2 amide bonds. The van der Waals surface area contributed by atoms with Crippen molar-refractivity contribution in [1.29, 1.82) is 0 Å². The highest BCUT2D eigenvalue weighted by molar-refractivity contribution is 8.00. The summed E-state index contributed by atoms with van der Waals surface area (Å²) >= 11 is 1.26. The number of para-hydroxylation sites is 1. The second kappa shape index (κ2) is 7.61. The number of thioether (sulfide) groups is 1. The molecular formula is C16H15FN2O2S. The van der Waals surface area contributed by atoms with Crippen LogP contribution in [0.3, 0.4) is 0 Å². The van der Waals surface area contributed by atoms with Crippen LogP contribution in [0, 0.1) is 5.82 Å². The van der Waals surface area contributed by atoms with Crippen molar-refractivity contribution in [3.63, 3.8) is 0 Å². The molecule has 0 radical (unpaired) electrons. The van der Waals surface area contributed by atoms with Crippen LogP contribution in [0.2, 0.25) is 0 Å². The van der Waals surface area contributed by atoms with Gasteiger partial charge in [0.1, 0.15) is 5.82 Å². The van der Waals surface area contributed by atoms with E-state index in [1.54, 1.807) is 30.3 Å². The SMILES string of the molecule is NC(=O)CSc1ccccc1NC(=O)Cc1cccc(F)c1. The lowest BCUT2D eigenvalue weighted by Gasteiger charge is -2.10. The first-order valence-corrected chi connectivity index (χ1v) is 7.57. The predicted molar refractivity (Wildman–Crippen MR) is 85.1 cm³/mol. The van der Waals surface area contributed by atoms with E-state index >= 15 is 0 Å². The molecule has 0 saturated carbocycles.